The molecule has 220 valence electrons. The first-order chi connectivity index (χ1) is 20.0. The molecular weight excluding hydrogens is 518 g/mol. The van der Waals surface area contributed by atoms with Crippen molar-refractivity contribution >= 4 is 29.0 Å². The van der Waals surface area contributed by atoms with Crippen molar-refractivity contribution in [1.29, 1.82) is 0 Å². The summed E-state index contributed by atoms with van der Waals surface area (Å²) in [5, 5.41) is 11.9. The van der Waals surface area contributed by atoms with Crippen LogP contribution in [0.2, 0.25) is 0 Å². The number of aromatic nitrogens is 4. The topological polar surface area (TPSA) is 135 Å². The normalized spacial score (nSPS) is 23.4. The van der Waals surface area contributed by atoms with Crippen molar-refractivity contribution in [3.05, 3.63) is 42.2 Å². The number of rotatable bonds is 8. The lowest BCUT2D eigenvalue weighted by atomic mass is 9.92. The molecule has 1 aromatic carbocycles. The Bertz CT molecular complexity index is 1290. The number of piperidine rings is 1. The molecule has 6 rings (SSSR count). The molecular formula is C30H43N9O2. The number of nitrogens with zero attached hydrogens (tertiary/aromatic N) is 5. The van der Waals surface area contributed by atoms with E-state index in [-0.39, 0.29) is 12.1 Å². The average molecular weight is 562 g/mol. The van der Waals surface area contributed by atoms with E-state index < -0.39 is 6.09 Å². The van der Waals surface area contributed by atoms with Crippen LogP contribution in [0, 0.1) is 0 Å². The highest BCUT2D eigenvalue weighted by molar-refractivity contribution is 5.84. The number of hydroxylamine groups is 2. The fourth-order valence-corrected chi connectivity index (χ4v) is 6.41. The van der Waals surface area contributed by atoms with Gasteiger partial charge in [-0.2, -0.15) is 9.97 Å². The molecule has 2 saturated carbocycles. The van der Waals surface area contributed by atoms with Crippen LogP contribution in [0.15, 0.2) is 36.7 Å². The van der Waals surface area contributed by atoms with E-state index in [0.717, 1.165) is 73.9 Å². The second kappa shape index (κ2) is 12.6. The Morgan fingerprint density at radius 3 is 2.39 bits per heavy atom. The van der Waals surface area contributed by atoms with Crippen molar-refractivity contribution in [2.24, 2.45) is 5.73 Å². The maximum atomic E-state index is 12.5. The molecule has 0 radical (unpaired) electrons. The number of benzene rings is 1. The van der Waals surface area contributed by atoms with Crippen molar-refractivity contribution in [3.8, 4) is 0 Å². The van der Waals surface area contributed by atoms with Crippen molar-refractivity contribution in [3.63, 3.8) is 0 Å². The first kappa shape index (κ1) is 27.7. The summed E-state index contributed by atoms with van der Waals surface area (Å²) in [6.45, 7) is 3.24. The zero-order chi connectivity index (χ0) is 28.2. The van der Waals surface area contributed by atoms with E-state index in [9.17, 15) is 4.79 Å². The molecule has 1 saturated heterocycles. The molecule has 2 aromatic heterocycles. The number of anilines is 2. The minimum absolute atomic E-state index is 0.125. The molecule has 1 aliphatic heterocycles. The Balaban J connectivity index is 1.10. The summed E-state index contributed by atoms with van der Waals surface area (Å²) >= 11 is 0. The number of hydrogen-bond acceptors (Lipinski definition) is 9. The molecule has 2 aliphatic carbocycles. The average Bonchev–Trinajstić information content (AvgIpc) is 3.66. The molecule has 3 heterocycles. The Hall–Kier alpha value is -3.44. The van der Waals surface area contributed by atoms with Crippen LogP contribution in [0.5, 0.6) is 0 Å². The summed E-state index contributed by atoms with van der Waals surface area (Å²) in [6.07, 6.45) is 12.1. The van der Waals surface area contributed by atoms with Crippen LogP contribution >= 0.6 is 0 Å². The van der Waals surface area contributed by atoms with E-state index in [4.69, 9.17) is 25.5 Å². The molecule has 3 aliphatic rings. The van der Waals surface area contributed by atoms with E-state index in [1.54, 1.807) is 5.06 Å². The van der Waals surface area contributed by atoms with Gasteiger partial charge in [-0.15, -0.1) is 5.06 Å². The van der Waals surface area contributed by atoms with Gasteiger partial charge in [-0.05, 0) is 63.9 Å². The first-order valence-corrected chi connectivity index (χ1v) is 15.3. The number of fused-ring (bicyclic) bond motifs is 1. The van der Waals surface area contributed by atoms with Gasteiger partial charge in [0.2, 0.25) is 5.95 Å². The molecule has 5 N–H and O–H groups in total. The predicted molar refractivity (Wildman–Crippen MR) is 159 cm³/mol. The van der Waals surface area contributed by atoms with Crippen LogP contribution in [-0.4, -0.2) is 61.9 Å². The summed E-state index contributed by atoms with van der Waals surface area (Å²) in [5.74, 6) is 1.43. The van der Waals surface area contributed by atoms with Gasteiger partial charge >= 0.3 is 6.09 Å². The molecule has 1 atom stereocenters. The minimum Gasteiger partial charge on any atom is -0.365 e. The predicted octanol–water partition coefficient (Wildman–Crippen LogP) is 4.90. The lowest BCUT2D eigenvalue weighted by Crippen LogP contribution is -2.42. The van der Waals surface area contributed by atoms with Gasteiger partial charge in [0, 0.05) is 37.3 Å². The SMILES string of the molecule is C[C@H](NC(=O)ON1CCC(Nc2nc(N[C@H]3CC[C@H](N)CC3)nc3c2ncn3C2CCCC2)CC1)c1ccccc1. The Kier molecular flexibility index (Phi) is 8.52. The van der Waals surface area contributed by atoms with E-state index >= 15 is 0 Å². The Labute approximate surface area is 241 Å². The summed E-state index contributed by atoms with van der Waals surface area (Å²) in [4.78, 5) is 32.8. The zero-order valence-electron chi connectivity index (χ0n) is 24.0. The van der Waals surface area contributed by atoms with Crippen LogP contribution in [0.25, 0.3) is 11.2 Å². The number of carbonyl (C=O) groups is 1. The lowest BCUT2D eigenvalue weighted by Gasteiger charge is -2.31. The lowest BCUT2D eigenvalue weighted by molar-refractivity contribution is -0.113. The third kappa shape index (κ3) is 6.73. The summed E-state index contributed by atoms with van der Waals surface area (Å²) in [6, 6.07) is 11.0. The third-order valence-corrected chi connectivity index (χ3v) is 8.89. The van der Waals surface area contributed by atoms with Crippen LogP contribution < -0.4 is 21.7 Å². The number of amides is 1. The Morgan fingerprint density at radius 1 is 0.951 bits per heavy atom. The zero-order valence-corrected chi connectivity index (χ0v) is 24.0. The van der Waals surface area contributed by atoms with Crippen LogP contribution in [0.3, 0.4) is 0 Å². The molecule has 3 fully saturated rings. The van der Waals surface area contributed by atoms with Gasteiger partial charge in [-0.25, -0.2) is 9.78 Å². The van der Waals surface area contributed by atoms with E-state index in [1.165, 1.54) is 12.8 Å². The maximum absolute atomic E-state index is 12.5. The van der Waals surface area contributed by atoms with E-state index in [2.05, 4.69) is 20.5 Å². The second-order valence-electron chi connectivity index (χ2n) is 11.9. The molecule has 0 bridgehead atoms. The number of carbonyl (C=O) groups excluding carboxylic acids is 1. The second-order valence-corrected chi connectivity index (χ2v) is 11.9. The van der Waals surface area contributed by atoms with Gasteiger partial charge < -0.3 is 31.1 Å². The number of imidazole rings is 1. The molecule has 0 unspecified atom stereocenters. The summed E-state index contributed by atoms with van der Waals surface area (Å²) in [7, 11) is 0. The van der Waals surface area contributed by atoms with Gasteiger partial charge in [-0.3, -0.25) is 0 Å². The van der Waals surface area contributed by atoms with Gasteiger partial charge in [0.25, 0.3) is 0 Å². The smallest absolute Gasteiger partial charge is 0.365 e. The largest absolute Gasteiger partial charge is 0.426 e. The highest BCUT2D eigenvalue weighted by Crippen LogP contribution is 2.34. The highest BCUT2D eigenvalue weighted by Gasteiger charge is 2.27. The van der Waals surface area contributed by atoms with Crippen molar-refractivity contribution in [2.45, 2.75) is 101 Å². The first-order valence-electron chi connectivity index (χ1n) is 15.3. The highest BCUT2D eigenvalue weighted by atomic mass is 16.7. The van der Waals surface area contributed by atoms with Gasteiger partial charge in [-0.1, -0.05) is 43.2 Å². The van der Waals surface area contributed by atoms with E-state index in [1.807, 2.05) is 43.6 Å². The quantitative estimate of drug-likeness (QED) is 0.303. The molecule has 0 spiro atoms. The van der Waals surface area contributed by atoms with Crippen LogP contribution in [0.1, 0.15) is 88.8 Å². The molecule has 1 amide bonds. The molecule has 11 heteroatoms. The summed E-state index contributed by atoms with van der Waals surface area (Å²) < 4.78 is 2.25. The summed E-state index contributed by atoms with van der Waals surface area (Å²) in [5.41, 5.74) is 8.89. The molecule has 3 aromatic rings. The third-order valence-electron chi connectivity index (χ3n) is 8.89. The number of nitrogens with one attached hydrogen (secondary N) is 3. The van der Waals surface area contributed by atoms with Crippen molar-refractivity contribution in [2.75, 3.05) is 23.7 Å². The fraction of sp³-hybridized carbons (Fsp3) is 0.600. The van der Waals surface area contributed by atoms with Gasteiger partial charge in [0.15, 0.2) is 17.0 Å². The minimum atomic E-state index is -0.429. The van der Waals surface area contributed by atoms with Gasteiger partial charge in [0.1, 0.15) is 0 Å². The van der Waals surface area contributed by atoms with Crippen molar-refractivity contribution < 1.29 is 9.63 Å². The fourth-order valence-electron chi connectivity index (χ4n) is 6.41. The van der Waals surface area contributed by atoms with E-state index in [0.29, 0.717) is 37.2 Å². The monoisotopic (exact) mass is 561 g/mol. The maximum Gasteiger partial charge on any atom is 0.426 e. The van der Waals surface area contributed by atoms with Crippen LogP contribution in [-0.2, 0) is 4.84 Å². The number of hydrogen-bond donors (Lipinski definition) is 4. The molecule has 11 nitrogen and oxygen atoms in total. The number of nitrogens with two attached hydrogens (primary N) is 1. The Morgan fingerprint density at radius 2 is 1.66 bits per heavy atom. The van der Waals surface area contributed by atoms with Crippen LogP contribution in [0.4, 0.5) is 16.6 Å². The van der Waals surface area contributed by atoms with Crippen molar-refractivity contribution in [1.82, 2.24) is 29.9 Å². The molecule has 41 heavy (non-hydrogen) atoms. The standard InChI is InChI=1S/C30H43N9O2/c1-20(21-7-3-2-4-8-21)33-30(40)41-38-17-15-24(16-18-38)34-27-26-28(39(19-32-26)25-9-5-6-10-25)37-29(36-27)35-23-13-11-22(31)12-14-23/h2-4,7-8,19-20,22-25H,5-6,9-18,31H2,1H3,(H,33,40)(H2,34,35,36,37)/t20-,22-,23-/m0/s1. The van der Waals surface area contributed by atoms with Gasteiger partial charge in [0.05, 0.1) is 12.4 Å².